The normalized spacial score (nSPS) is 10.2. The molecule has 110 valence electrons. The van der Waals surface area contributed by atoms with E-state index < -0.39 is 4.92 Å². The number of nitro groups is 1. The first-order valence-corrected chi connectivity index (χ1v) is 6.56. The summed E-state index contributed by atoms with van der Waals surface area (Å²) in [4.78, 5) is 16.8. The number of hydrazine groups is 1. The maximum absolute atomic E-state index is 11.2. The smallest absolute Gasteiger partial charge is 0.311 e. The van der Waals surface area contributed by atoms with Crippen LogP contribution in [0.15, 0.2) is 42.5 Å². The Morgan fingerprint density at radius 3 is 2.57 bits per heavy atom. The van der Waals surface area contributed by atoms with Gasteiger partial charge in [-0.25, -0.2) is 10.8 Å². The molecule has 0 radical (unpaired) electrons. The summed E-state index contributed by atoms with van der Waals surface area (Å²) in [5.74, 6) is 6.04. The zero-order valence-corrected chi connectivity index (χ0v) is 11.7. The lowest BCUT2D eigenvalue weighted by molar-refractivity contribution is -0.384. The maximum atomic E-state index is 11.2. The molecule has 7 nitrogen and oxygen atoms in total. The van der Waals surface area contributed by atoms with Crippen LogP contribution in [0.2, 0.25) is 0 Å². The molecular formula is C14H17N5O2. The molecule has 2 rings (SSSR count). The number of rotatable bonds is 6. The quantitative estimate of drug-likeness (QED) is 0.480. The fourth-order valence-corrected chi connectivity index (χ4v) is 2.04. The Kier molecular flexibility index (Phi) is 4.68. The van der Waals surface area contributed by atoms with Crippen LogP contribution in [0, 0.1) is 10.1 Å². The Hall–Kier alpha value is -2.67. The van der Waals surface area contributed by atoms with Crippen LogP contribution in [0.4, 0.5) is 17.3 Å². The number of nitrogens with two attached hydrogens (primary N) is 1. The number of hydrogen-bond acceptors (Lipinski definition) is 6. The van der Waals surface area contributed by atoms with Crippen LogP contribution in [0.25, 0.3) is 0 Å². The van der Waals surface area contributed by atoms with Crippen molar-refractivity contribution in [3.8, 4) is 0 Å². The van der Waals surface area contributed by atoms with Crippen molar-refractivity contribution in [1.29, 1.82) is 0 Å². The van der Waals surface area contributed by atoms with E-state index in [1.54, 1.807) is 0 Å². The number of nitrogen functional groups attached to an aromatic ring is 1. The van der Waals surface area contributed by atoms with Crippen molar-refractivity contribution in [3.63, 3.8) is 0 Å². The number of nitrogens with zero attached hydrogens (tertiary/aromatic N) is 3. The monoisotopic (exact) mass is 287 g/mol. The second-order valence-electron chi connectivity index (χ2n) is 4.44. The van der Waals surface area contributed by atoms with Gasteiger partial charge in [0, 0.05) is 19.2 Å². The van der Waals surface area contributed by atoms with Gasteiger partial charge in [0.2, 0.25) is 5.82 Å². The van der Waals surface area contributed by atoms with Crippen LogP contribution in [0.3, 0.4) is 0 Å². The molecule has 1 heterocycles. The summed E-state index contributed by atoms with van der Waals surface area (Å²) in [6.45, 7) is 3.06. The van der Waals surface area contributed by atoms with E-state index >= 15 is 0 Å². The minimum atomic E-state index is -0.434. The first kappa shape index (κ1) is 14.7. The largest absolute Gasteiger partial charge is 0.347 e. The van der Waals surface area contributed by atoms with Gasteiger partial charge in [-0.05, 0) is 18.6 Å². The van der Waals surface area contributed by atoms with Gasteiger partial charge < -0.3 is 10.3 Å². The highest BCUT2D eigenvalue weighted by molar-refractivity contribution is 5.61. The summed E-state index contributed by atoms with van der Waals surface area (Å²) in [7, 11) is 0. The number of aromatic nitrogens is 1. The highest BCUT2D eigenvalue weighted by Gasteiger charge is 2.21. The lowest BCUT2D eigenvalue weighted by Crippen LogP contribution is -2.24. The molecule has 0 aliphatic heterocycles. The second kappa shape index (κ2) is 6.67. The molecule has 7 heteroatoms. The summed E-state index contributed by atoms with van der Waals surface area (Å²) in [5, 5.41) is 11.2. The Bertz CT molecular complexity index is 618. The average molecular weight is 287 g/mol. The van der Waals surface area contributed by atoms with Gasteiger partial charge >= 0.3 is 5.69 Å². The average Bonchev–Trinajstić information content (AvgIpc) is 2.52. The van der Waals surface area contributed by atoms with Gasteiger partial charge in [-0.15, -0.1) is 0 Å². The van der Waals surface area contributed by atoms with E-state index in [1.807, 2.05) is 42.2 Å². The molecule has 0 atom stereocenters. The molecule has 1 aromatic heterocycles. The molecule has 0 spiro atoms. The predicted octanol–water partition coefficient (Wildman–Crippen LogP) is 2.30. The van der Waals surface area contributed by atoms with Crippen molar-refractivity contribution < 1.29 is 4.92 Å². The van der Waals surface area contributed by atoms with Crippen molar-refractivity contribution in [2.75, 3.05) is 16.9 Å². The van der Waals surface area contributed by atoms with E-state index in [1.165, 1.54) is 12.1 Å². The minimum absolute atomic E-state index is 0.0354. The molecule has 2 aromatic rings. The molecule has 3 N–H and O–H groups in total. The maximum Gasteiger partial charge on any atom is 0.311 e. The van der Waals surface area contributed by atoms with Crippen LogP contribution < -0.4 is 16.2 Å². The summed E-state index contributed by atoms with van der Waals surface area (Å²) < 4.78 is 0. The zero-order valence-electron chi connectivity index (χ0n) is 11.7. The molecular weight excluding hydrogens is 270 g/mol. The lowest BCUT2D eigenvalue weighted by Gasteiger charge is -2.22. The molecule has 0 saturated heterocycles. The first-order chi connectivity index (χ1) is 10.2. The molecule has 0 unspecified atom stereocenters. The summed E-state index contributed by atoms with van der Waals surface area (Å²) >= 11 is 0. The van der Waals surface area contributed by atoms with E-state index in [-0.39, 0.29) is 5.69 Å². The van der Waals surface area contributed by atoms with Gasteiger partial charge in [0.25, 0.3) is 0 Å². The van der Waals surface area contributed by atoms with Gasteiger partial charge in [-0.1, -0.05) is 30.3 Å². The van der Waals surface area contributed by atoms with Crippen LogP contribution >= 0.6 is 0 Å². The van der Waals surface area contributed by atoms with Crippen molar-refractivity contribution >= 4 is 17.3 Å². The highest BCUT2D eigenvalue weighted by atomic mass is 16.6. The van der Waals surface area contributed by atoms with Gasteiger partial charge in [0.1, 0.15) is 5.82 Å². The van der Waals surface area contributed by atoms with Crippen LogP contribution in [0.1, 0.15) is 12.5 Å². The Labute approximate surface area is 122 Å². The molecule has 0 fully saturated rings. The summed E-state index contributed by atoms with van der Waals surface area (Å²) in [6, 6.07) is 12.6. The SMILES string of the molecule is CCN(Cc1ccccc1)c1nc(NN)ccc1[N+](=O)[O-]. The summed E-state index contributed by atoms with van der Waals surface area (Å²) in [6.07, 6.45) is 0. The fraction of sp³-hybridized carbons (Fsp3) is 0.214. The van der Waals surface area contributed by atoms with Gasteiger partial charge in [-0.2, -0.15) is 0 Å². The fourth-order valence-electron chi connectivity index (χ4n) is 2.04. The highest BCUT2D eigenvalue weighted by Crippen LogP contribution is 2.28. The molecule has 0 amide bonds. The van der Waals surface area contributed by atoms with Gasteiger partial charge in [0.15, 0.2) is 0 Å². The third-order valence-corrected chi connectivity index (χ3v) is 3.10. The first-order valence-electron chi connectivity index (χ1n) is 6.56. The van der Waals surface area contributed by atoms with E-state index in [9.17, 15) is 10.1 Å². The number of pyridine rings is 1. The van der Waals surface area contributed by atoms with E-state index in [0.717, 1.165) is 5.56 Å². The van der Waals surface area contributed by atoms with Crippen molar-refractivity contribution in [2.45, 2.75) is 13.5 Å². The van der Waals surface area contributed by atoms with Gasteiger partial charge in [-0.3, -0.25) is 10.1 Å². The Morgan fingerprint density at radius 2 is 2.00 bits per heavy atom. The third kappa shape index (κ3) is 3.46. The second-order valence-corrected chi connectivity index (χ2v) is 4.44. The van der Waals surface area contributed by atoms with E-state index in [4.69, 9.17) is 5.84 Å². The number of hydrogen-bond donors (Lipinski definition) is 2. The predicted molar refractivity (Wildman–Crippen MR) is 81.9 cm³/mol. The van der Waals surface area contributed by atoms with Crippen molar-refractivity contribution in [3.05, 3.63) is 58.1 Å². The Balaban J connectivity index is 2.38. The molecule has 1 aromatic carbocycles. The van der Waals surface area contributed by atoms with E-state index in [2.05, 4.69) is 10.4 Å². The third-order valence-electron chi connectivity index (χ3n) is 3.10. The number of benzene rings is 1. The Morgan fingerprint density at radius 1 is 1.29 bits per heavy atom. The van der Waals surface area contributed by atoms with Crippen LogP contribution in [-0.2, 0) is 6.54 Å². The number of anilines is 2. The molecule has 21 heavy (non-hydrogen) atoms. The molecule has 0 aliphatic rings. The lowest BCUT2D eigenvalue weighted by atomic mass is 10.2. The zero-order chi connectivity index (χ0) is 15.2. The molecule has 0 aliphatic carbocycles. The summed E-state index contributed by atoms with van der Waals surface area (Å²) in [5.41, 5.74) is 3.44. The standard InChI is InChI=1S/C14H17N5O2/c1-2-18(10-11-6-4-3-5-7-11)14-12(19(20)21)8-9-13(16-14)17-15/h3-9H,2,10,15H2,1H3,(H,16,17). The van der Waals surface area contributed by atoms with Gasteiger partial charge in [0.05, 0.1) is 4.92 Å². The van der Waals surface area contributed by atoms with Crippen molar-refractivity contribution in [2.24, 2.45) is 5.84 Å². The minimum Gasteiger partial charge on any atom is -0.347 e. The molecule has 0 saturated carbocycles. The van der Waals surface area contributed by atoms with E-state index in [0.29, 0.717) is 24.7 Å². The number of nitrogens with one attached hydrogen (secondary N) is 1. The topological polar surface area (TPSA) is 97.3 Å². The van der Waals surface area contributed by atoms with Crippen molar-refractivity contribution in [1.82, 2.24) is 4.98 Å². The molecule has 0 bridgehead atoms. The van der Waals surface area contributed by atoms with Crippen LogP contribution in [0.5, 0.6) is 0 Å². The van der Waals surface area contributed by atoms with Crippen LogP contribution in [-0.4, -0.2) is 16.5 Å².